The second kappa shape index (κ2) is 7.75. The Morgan fingerprint density at radius 1 is 1.29 bits per heavy atom. The lowest BCUT2D eigenvalue weighted by molar-refractivity contribution is -0.129. The van der Waals surface area contributed by atoms with E-state index in [2.05, 4.69) is 10.4 Å². The molecular formula is C21H26N4O3. The predicted molar refractivity (Wildman–Crippen MR) is 105 cm³/mol. The summed E-state index contributed by atoms with van der Waals surface area (Å²) in [6, 6.07) is 7.62. The molecule has 0 aliphatic carbocycles. The first-order valence-corrected chi connectivity index (χ1v) is 9.79. The monoisotopic (exact) mass is 382 g/mol. The number of carbonyl (C=O) groups excluding carboxylic acids is 2. The second-order valence-electron chi connectivity index (χ2n) is 7.63. The van der Waals surface area contributed by atoms with Gasteiger partial charge in [-0.25, -0.2) is 0 Å². The number of ether oxygens (including phenoxy) is 1. The van der Waals surface area contributed by atoms with Crippen molar-refractivity contribution in [2.45, 2.75) is 32.2 Å². The Hall–Kier alpha value is -2.67. The second-order valence-corrected chi connectivity index (χ2v) is 7.63. The van der Waals surface area contributed by atoms with Gasteiger partial charge >= 0.3 is 0 Å². The zero-order chi connectivity index (χ0) is 19.7. The van der Waals surface area contributed by atoms with E-state index in [9.17, 15) is 9.59 Å². The van der Waals surface area contributed by atoms with Gasteiger partial charge in [-0.05, 0) is 37.3 Å². The van der Waals surface area contributed by atoms with Crippen molar-refractivity contribution in [2.75, 3.05) is 24.7 Å². The first-order chi connectivity index (χ1) is 13.5. The first-order valence-electron chi connectivity index (χ1n) is 9.79. The molecule has 2 aliphatic heterocycles. The molecule has 2 aromatic rings. The van der Waals surface area contributed by atoms with E-state index in [0.717, 1.165) is 48.6 Å². The number of nitrogens with one attached hydrogen (secondary N) is 1. The summed E-state index contributed by atoms with van der Waals surface area (Å²) in [5, 5.41) is 7.23. The molecule has 1 saturated heterocycles. The molecule has 7 heteroatoms. The third-order valence-corrected chi connectivity index (χ3v) is 5.66. The number of rotatable bonds is 5. The maximum atomic E-state index is 13.2. The van der Waals surface area contributed by atoms with Crippen LogP contribution < -0.4 is 10.2 Å². The van der Waals surface area contributed by atoms with Crippen LogP contribution in [0.3, 0.4) is 0 Å². The maximum absolute atomic E-state index is 13.2. The molecule has 3 heterocycles. The fraction of sp³-hybridized carbons (Fsp3) is 0.476. The van der Waals surface area contributed by atoms with Gasteiger partial charge in [0.1, 0.15) is 5.92 Å². The third kappa shape index (κ3) is 3.54. The molecule has 0 bridgehead atoms. The van der Waals surface area contributed by atoms with Crippen molar-refractivity contribution in [3.63, 3.8) is 0 Å². The van der Waals surface area contributed by atoms with Gasteiger partial charge in [-0.3, -0.25) is 14.3 Å². The molecule has 1 fully saturated rings. The molecule has 7 nitrogen and oxygen atoms in total. The highest BCUT2D eigenvalue weighted by Gasteiger charge is 2.42. The smallest absolute Gasteiger partial charge is 0.244 e. The lowest BCUT2D eigenvalue weighted by Gasteiger charge is -2.27. The van der Waals surface area contributed by atoms with Crippen molar-refractivity contribution in [3.8, 4) is 0 Å². The molecule has 4 rings (SSSR count). The summed E-state index contributed by atoms with van der Waals surface area (Å²) < 4.78 is 7.16. The van der Waals surface area contributed by atoms with Crippen molar-refractivity contribution in [1.29, 1.82) is 0 Å². The zero-order valence-corrected chi connectivity index (χ0v) is 16.4. The average molecular weight is 382 g/mol. The Morgan fingerprint density at radius 2 is 2.04 bits per heavy atom. The third-order valence-electron chi connectivity index (χ3n) is 5.66. The lowest BCUT2D eigenvalue weighted by atomic mass is 9.99. The van der Waals surface area contributed by atoms with E-state index >= 15 is 0 Å². The molecule has 2 aliphatic rings. The van der Waals surface area contributed by atoms with Crippen LogP contribution in [-0.4, -0.2) is 41.4 Å². The van der Waals surface area contributed by atoms with Gasteiger partial charge in [-0.1, -0.05) is 18.2 Å². The molecule has 1 aromatic heterocycles. The average Bonchev–Trinajstić information content (AvgIpc) is 3.16. The fourth-order valence-corrected chi connectivity index (χ4v) is 4.12. The van der Waals surface area contributed by atoms with Crippen LogP contribution in [0.5, 0.6) is 0 Å². The van der Waals surface area contributed by atoms with Crippen LogP contribution in [0.15, 0.2) is 30.5 Å². The summed E-state index contributed by atoms with van der Waals surface area (Å²) in [6.45, 7) is 4.40. The Bertz CT molecular complexity index is 886. The minimum absolute atomic E-state index is 0.131. The number of amides is 2. The highest BCUT2D eigenvalue weighted by atomic mass is 16.5. The van der Waals surface area contributed by atoms with Crippen molar-refractivity contribution in [1.82, 2.24) is 15.1 Å². The summed E-state index contributed by atoms with van der Waals surface area (Å²) in [7, 11) is 1.85. The standard InChI is InChI=1S/C21H26N4O3/c1-14-16(13-24(2)23-14)11-22-20(26)19-17-5-3-4-6-18(17)25(21(19)27)12-15-7-9-28-10-8-15/h3-6,13,15,19H,7-12H2,1-2H3,(H,22,26). The summed E-state index contributed by atoms with van der Waals surface area (Å²) in [5.41, 5.74) is 3.48. The van der Waals surface area contributed by atoms with E-state index in [-0.39, 0.29) is 11.8 Å². The van der Waals surface area contributed by atoms with Crippen LogP contribution >= 0.6 is 0 Å². The number of aromatic nitrogens is 2. The van der Waals surface area contributed by atoms with E-state index in [1.165, 1.54) is 0 Å². The first kappa shape index (κ1) is 18.7. The number of hydrogen-bond donors (Lipinski definition) is 1. The highest BCUT2D eigenvalue weighted by Crippen LogP contribution is 2.38. The van der Waals surface area contributed by atoms with Gasteiger partial charge in [0.05, 0.1) is 5.69 Å². The number of para-hydroxylation sites is 1. The topological polar surface area (TPSA) is 76.5 Å². The van der Waals surface area contributed by atoms with E-state index in [1.54, 1.807) is 9.58 Å². The quantitative estimate of drug-likeness (QED) is 0.802. The largest absolute Gasteiger partial charge is 0.381 e. The number of anilines is 1. The number of benzene rings is 1. The molecular weight excluding hydrogens is 356 g/mol. The maximum Gasteiger partial charge on any atom is 0.244 e. The van der Waals surface area contributed by atoms with E-state index in [1.807, 2.05) is 44.4 Å². The van der Waals surface area contributed by atoms with Gasteiger partial charge in [0.15, 0.2) is 0 Å². The van der Waals surface area contributed by atoms with Gasteiger partial charge in [0, 0.05) is 50.8 Å². The molecule has 0 radical (unpaired) electrons. The van der Waals surface area contributed by atoms with Crippen LogP contribution in [0.25, 0.3) is 0 Å². The molecule has 1 aromatic carbocycles. The summed E-state index contributed by atoms with van der Waals surface area (Å²) in [5.74, 6) is -0.762. The fourth-order valence-electron chi connectivity index (χ4n) is 4.12. The van der Waals surface area contributed by atoms with Crippen molar-refractivity contribution < 1.29 is 14.3 Å². The van der Waals surface area contributed by atoms with Gasteiger partial charge in [0.25, 0.3) is 0 Å². The molecule has 1 atom stereocenters. The number of fused-ring (bicyclic) bond motifs is 1. The van der Waals surface area contributed by atoms with Crippen molar-refractivity contribution in [2.24, 2.45) is 13.0 Å². The van der Waals surface area contributed by atoms with Crippen LogP contribution in [0, 0.1) is 12.8 Å². The Kier molecular flexibility index (Phi) is 5.17. The Balaban J connectivity index is 1.51. The van der Waals surface area contributed by atoms with Crippen LogP contribution in [0.2, 0.25) is 0 Å². The summed E-state index contributed by atoms with van der Waals surface area (Å²) in [6.07, 6.45) is 3.78. The molecule has 148 valence electrons. The molecule has 0 spiro atoms. The van der Waals surface area contributed by atoms with E-state index < -0.39 is 5.92 Å². The Morgan fingerprint density at radius 3 is 2.75 bits per heavy atom. The highest BCUT2D eigenvalue weighted by molar-refractivity contribution is 6.17. The van der Waals surface area contributed by atoms with Crippen molar-refractivity contribution in [3.05, 3.63) is 47.3 Å². The number of nitrogens with zero attached hydrogens (tertiary/aromatic N) is 3. The molecule has 1 unspecified atom stereocenters. The molecule has 0 saturated carbocycles. The number of aryl methyl sites for hydroxylation is 2. The normalized spacial score (nSPS) is 19.7. The van der Waals surface area contributed by atoms with Crippen molar-refractivity contribution >= 4 is 17.5 Å². The molecule has 28 heavy (non-hydrogen) atoms. The van der Waals surface area contributed by atoms with Crippen LogP contribution in [-0.2, 0) is 27.9 Å². The Labute approximate surface area is 164 Å². The number of hydrogen-bond acceptors (Lipinski definition) is 4. The molecule has 2 amide bonds. The van der Waals surface area contributed by atoms with E-state index in [4.69, 9.17) is 4.74 Å². The van der Waals surface area contributed by atoms with Gasteiger partial charge in [0.2, 0.25) is 11.8 Å². The van der Waals surface area contributed by atoms with Crippen LogP contribution in [0.4, 0.5) is 5.69 Å². The SMILES string of the molecule is Cc1nn(C)cc1CNC(=O)C1C(=O)N(CC2CCOCC2)c2ccccc21. The minimum atomic E-state index is -0.784. The van der Waals surface area contributed by atoms with Gasteiger partial charge < -0.3 is 15.0 Å². The zero-order valence-electron chi connectivity index (χ0n) is 16.4. The minimum Gasteiger partial charge on any atom is -0.381 e. The summed E-state index contributed by atoms with van der Waals surface area (Å²) in [4.78, 5) is 27.9. The number of carbonyl (C=O) groups is 2. The van der Waals surface area contributed by atoms with Gasteiger partial charge in [-0.15, -0.1) is 0 Å². The predicted octanol–water partition coefficient (Wildman–Crippen LogP) is 1.90. The van der Waals surface area contributed by atoms with E-state index in [0.29, 0.717) is 19.0 Å². The molecule has 1 N–H and O–H groups in total. The van der Waals surface area contributed by atoms with Crippen LogP contribution in [0.1, 0.15) is 35.6 Å². The van der Waals surface area contributed by atoms with Gasteiger partial charge in [-0.2, -0.15) is 5.10 Å². The lowest BCUT2D eigenvalue weighted by Crippen LogP contribution is -2.39. The summed E-state index contributed by atoms with van der Waals surface area (Å²) >= 11 is 0.